The fourth-order valence-corrected chi connectivity index (χ4v) is 5.80. The SMILES string of the molecule is CC(C)C[C@H](N)C(=O)N[C@H](C(=O)N[C@H](C(=O)N[C@@H](Cc1ccc(O)cc1)C(=O)N1CCC[C@H]1C(=O)N[C@@H](C)C(=O)N[C@@H](C)C(=O)O)C(C)C)C(C)C. The Morgan fingerprint density at radius 3 is 1.81 bits per heavy atom. The summed E-state index contributed by atoms with van der Waals surface area (Å²) in [5.41, 5.74) is 6.64. The van der Waals surface area contributed by atoms with Crippen LogP contribution in [0.15, 0.2) is 24.3 Å². The molecule has 6 amide bonds. The molecule has 1 aromatic rings. The van der Waals surface area contributed by atoms with Crippen molar-refractivity contribution in [2.24, 2.45) is 23.5 Å². The van der Waals surface area contributed by atoms with Crippen LogP contribution in [-0.2, 0) is 40.0 Å². The number of carbonyl (C=O) groups excluding carboxylic acids is 6. The van der Waals surface area contributed by atoms with Crippen LogP contribution in [0.4, 0.5) is 0 Å². The number of hydrogen-bond donors (Lipinski definition) is 8. The van der Waals surface area contributed by atoms with Gasteiger partial charge in [-0.15, -0.1) is 0 Å². The third-order valence-corrected chi connectivity index (χ3v) is 8.87. The maximum absolute atomic E-state index is 14.2. The molecule has 1 saturated heterocycles. The summed E-state index contributed by atoms with van der Waals surface area (Å²) in [7, 11) is 0. The number of phenols is 1. The Bertz CT molecular complexity index is 1430. The number of nitrogens with zero attached hydrogens (tertiary/aromatic N) is 1. The quantitative estimate of drug-likeness (QED) is 0.102. The topological polar surface area (TPSA) is 249 Å². The van der Waals surface area contributed by atoms with E-state index in [-0.39, 0.29) is 37.0 Å². The van der Waals surface area contributed by atoms with E-state index >= 15 is 0 Å². The molecule has 0 bridgehead atoms. The molecule has 0 spiro atoms. The predicted molar refractivity (Wildman–Crippen MR) is 192 cm³/mol. The van der Waals surface area contributed by atoms with Crippen molar-refractivity contribution in [1.82, 2.24) is 31.5 Å². The van der Waals surface area contributed by atoms with Crippen LogP contribution in [0, 0.1) is 17.8 Å². The molecule has 0 aromatic heterocycles. The highest BCUT2D eigenvalue weighted by Crippen LogP contribution is 2.21. The van der Waals surface area contributed by atoms with E-state index in [9.17, 15) is 38.7 Å². The number of aromatic hydroxyl groups is 1. The monoisotopic (exact) mass is 731 g/mol. The number of nitrogens with two attached hydrogens (primary N) is 1. The van der Waals surface area contributed by atoms with Gasteiger partial charge in [0.1, 0.15) is 42.0 Å². The normalized spacial score (nSPS) is 17.8. The molecule has 1 aliphatic heterocycles. The van der Waals surface area contributed by atoms with Gasteiger partial charge in [0, 0.05) is 13.0 Å². The Morgan fingerprint density at radius 2 is 1.29 bits per heavy atom. The molecule has 1 heterocycles. The second-order valence-corrected chi connectivity index (χ2v) is 14.6. The van der Waals surface area contributed by atoms with Crippen LogP contribution < -0.4 is 32.3 Å². The molecule has 52 heavy (non-hydrogen) atoms. The Kier molecular flexibility index (Phi) is 16.5. The maximum atomic E-state index is 14.2. The molecular formula is C36H57N7O9. The largest absolute Gasteiger partial charge is 0.508 e. The first-order valence-electron chi connectivity index (χ1n) is 17.8. The third kappa shape index (κ3) is 12.8. The minimum Gasteiger partial charge on any atom is -0.508 e. The van der Waals surface area contributed by atoms with Crippen molar-refractivity contribution in [3.8, 4) is 5.75 Å². The van der Waals surface area contributed by atoms with E-state index < -0.39 is 89.6 Å². The van der Waals surface area contributed by atoms with Crippen molar-refractivity contribution < 1.29 is 43.8 Å². The number of carboxylic acids is 1. The van der Waals surface area contributed by atoms with Gasteiger partial charge in [-0.2, -0.15) is 0 Å². The van der Waals surface area contributed by atoms with Crippen molar-refractivity contribution in [2.75, 3.05) is 6.54 Å². The van der Waals surface area contributed by atoms with Gasteiger partial charge < -0.3 is 47.4 Å². The Labute approximate surface area is 305 Å². The summed E-state index contributed by atoms with van der Waals surface area (Å²) >= 11 is 0. The summed E-state index contributed by atoms with van der Waals surface area (Å²) in [5.74, 6) is -5.51. The highest BCUT2D eigenvalue weighted by Gasteiger charge is 2.40. The minimum atomic E-state index is -1.24. The lowest BCUT2D eigenvalue weighted by Crippen LogP contribution is -2.61. The molecule has 7 atom stereocenters. The summed E-state index contributed by atoms with van der Waals surface area (Å²) in [4.78, 5) is 92.7. The summed E-state index contributed by atoms with van der Waals surface area (Å²) in [6.45, 7) is 13.7. The van der Waals surface area contributed by atoms with Gasteiger partial charge in [-0.25, -0.2) is 0 Å². The van der Waals surface area contributed by atoms with Crippen LogP contribution in [0.5, 0.6) is 5.75 Å². The minimum absolute atomic E-state index is 0.00221. The number of carboxylic acid groups (broad SMARTS) is 1. The number of benzene rings is 1. The molecule has 2 rings (SSSR count). The summed E-state index contributed by atoms with van der Waals surface area (Å²) in [6, 6.07) is -1.31. The Hall–Kier alpha value is -4.73. The number of hydrogen-bond acceptors (Lipinski definition) is 9. The van der Waals surface area contributed by atoms with E-state index in [1.54, 1.807) is 39.8 Å². The van der Waals surface area contributed by atoms with Crippen molar-refractivity contribution in [2.45, 2.75) is 123 Å². The van der Waals surface area contributed by atoms with Gasteiger partial charge in [0.05, 0.1) is 6.04 Å². The number of amides is 6. The molecule has 1 aliphatic rings. The Morgan fingerprint density at radius 1 is 0.750 bits per heavy atom. The fourth-order valence-electron chi connectivity index (χ4n) is 5.80. The summed E-state index contributed by atoms with van der Waals surface area (Å²) < 4.78 is 0. The first-order valence-corrected chi connectivity index (χ1v) is 17.8. The van der Waals surface area contributed by atoms with Crippen molar-refractivity contribution in [3.63, 3.8) is 0 Å². The van der Waals surface area contributed by atoms with E-state index in [0.29, 0.717) is 18.4 Å². The lowest BCUT2D eigenvalue weighted by molar-refractivity contribution is -0.143. The van der Waals surface area contributed by atoms with Gasteiger partial charge in [0.2, 0.25) is 35.4 Å². The number of phenolic OH excluding ortho intramolecular Hbond substituents is 1. The van der Waals surface area contributed by atoms with E-state index in [0.717, 1.165) is 0 Å². The molecule has 16 nitrogen and oxygen atoms in total. The van der Waals surface area contributed by atoms with Crippen LogP contribution >= 0.6 is 0 Å². The fraction of sp³-hybridized carbons (Fsp3) is 0.639. The standard InChI is InChI=1S/C36H57N7O9/c1-18(2)16-25(37)31(46)41-29(20(5)6)34(49)42-28(19(3)4)33(48)40-26(17-23-11-13-24(44)14-12-23)35(50)43-15-9-10-27(43)32(47)38-21(7)30(45)39-22(8)36(51)52/h11-14,18-22,25-29,44H,9-10,15-17,37H2,1-8H3,(H,38,47)(H,39,45)(H,40,48)(H,41,46)(H,42,49)(H,51,52)/t21-,22-,25-,26-,27-,28-,29-/m0/s1. The average molecular weight is 732 g/mol. The lowest BCUT2D eigenvalue weighted by Gasteiger charge is -2.32. The summed E-state index contributed by atoms with van der Waals surface area (Å²) in [5, 5.41) is 32.0. The van der Waals surface area contributed by atoms with Gasteiger partial charge in [-0.1, -0.05) is 53.7 Å². The van der Waals surface area contributed by atoms with Gasteiger partial charge in [0.15, 0.2) is 0 Å². The maximum Gasteiger partial charge on any atom is 0.325 e. The van der Waals surface area contributed by atoms with Crippen LogP contribution in [0.3, 0.4) is 0 Å². The highest BCUT2D eigenvalue weighted by atomic mass is 16.4. The molecule has 9 N–H and O–H groups in total. The average Bonchev–Trinajstić information content (AvgIpc) is 3.55. The van der Waals surface area contributed by atoms with Crippen molar-refractivity contribution >= 4 is 41.4 Å². The molecule has 1 aromatic carbocycles. The zero-order valence-corrected chi connectivity index (χ0v) is 31.4. The molecule has 0 saturated carbocycles. The molecule has 16 heteroatoms. The van der Waals surface area contributed by atoms with Gasteiger partial charge in [-0.3, -0.25) is 33.6 Å². The third-order valence-electron chi connectivity index (χ3n) is 8.87. The number of rotatable bonds is 18. The van der Waals surface area contributed by atoms with Crippen molar-refractivity contribution in [3.05, 3.63) is 29.8 Å². The molecule has 1 fully saturated rings. The van der Waals surface area contributed by atoms with E-state index in [1.165, 1.54) is 30.9 Å². The zero-order chi connectivity index (χ0) is 39.4. The van der Waals surface area contributed by atoms with E-state index in [4.69, 9.17) is 10.8 Å². The molecule has 0 radical (unpaired) electrons. The number of likely N-dealkylation sites (tertiary alicyclic amines) is 1. The zero-order valence-electron chi connectivity index (χ0n) is 31.4. The highest BCUT2D eigenvalue weighted by molar-refractivity contribution is 5.97. The lowest BCUT2D eigenvalue weighted by atomic mass is 9.97. The van der Waals surface area contributed by atoms with Gasteiger partial charge in [0.25, 0.3) is 0 Å². The van der Waals surface area contributed by atoms with Crippen LogP contribution in [0.25, 0.3) is 0 Å². The number of nitrogens with one attached hydrogen (secondary N) is 5. The van der Waals surface area contributed by atoms with Crippen LogP contribution in [-0.4, -0.2) is 105 Å². The molecule has 290 valence electrons. The number of carbonyl (C=O) groups is 7. The first kappa shape index (κ1) is 43.4. The summed E-state index contributed by atoms with van der Waals surface area (Å²) in [6.07, 6.45) is 1.16. The molecule has 0 unspecified atom stereocenters. The Balaban J connectivity index is 2.30. The van der Waals surface area contributed by atoms with Crippen LogP contribution in [0.2, 0.25) is 0 Å². The second kappa shape index (κ2) is 19.8. The van der Waals surface area contributed by atoms with E-state index in [1.807, 2.05) is 13.8 Å². The first-order chi connectivity index (χ1) is 24.2. The van der Waals surface area contributed by atoms with Gasteiger partial charge in [-0.05, 0) is 68.6 Å². The molecular weight excluding hydrogens is 674 g/mol. The van der Waals surface area contributed by atoms with Crippen LogP contribution in [0.1, 0.15) is 80.2 Å². The van der Waals surface area contributed by atoms with Gasteiger partial charge >= 0.3 is 5.97 Å². The molecule has 0 aliphatic carbocycles. The smallest absolute Gasteiger partial charge is 0.325 e. The van der Waals surface area contributed by atoms with Crippen molar-refractivity contribution in [1.29, 1.82) is 0 Å². The second-order valence-electron chi connectivity index (χ2n) is 14.6. The predicted octanol–water partition coefficient (Wildman–Crippen LogP) is 0.160. The van der Waals surface area contributed by atoms with E-state index in [2.05, 4.69) is 26.6 Å². The number of aliphatic carboxylic acids is 1.